The lowest BCUT2D eigenvalue weighted by Crippen LogP contribution is -2.32. The predicted molar refractivity (Wildman–Crippen MR) is 88.8 cm³/mol. The standard InChI is InChI=1S/C15H23BrN2O2S/c1-3-17-9-13-7-14(16)11(2)15(8-13)21(19,20)18-10-12-5-4-6-12/h7-8,12,17-18H,3-6,9-10H2,1-2H3. The van der Waals surface area contributed by atoms with Crippen molar-refractivity contribution in [3.05, 3.63) is 27.7 Å². The molecule has 21 heavy (non-hydrogen) atoms. The fraction of sp³-hybridized carbons (Fsp3) is 0.600. The molecule has 0 heterocycles. The first-order valence-corrected chi connectivity index (χ1v) is 9.71. The van der Waals surface area contributed by atoms with Gasteiger partial charge in [0.1, 0.15) is 0 Å². The second-order valence-electron chi connectivity index (χ2n) is 5.63. The minimum atomic E-state index is -3.44. The van der Waals surface area contributed by atoms with Crippen LogP contribution in [0, 0.1) is 12.8 Å². The average Bonchev–Trinajstić information content (AvgIpc) is 2.37. The maximum Gasteiger partial charge on any atom is 0.240 e. The van der Waals surface area contributed by atoms with Gasteiger partial charge in [-0.15, -0.1) is 0 Å². The van der Waals surface area contributed by atoms with Crippen molar-refractivity contribution < 1.29 is 8.42 Å². The highest BCUT2D eigenvalue weighted by Gasteiger charge is 2.23. The van der Waals surface area contributed by atoms with Gasteiger partial charge in [0.15, 0.2) is 0 Å². The second-order valence-corrected chi connectivity index (χ2v) is 8.22. The first kappa shape index (κ1) is 16.9. The number of hydrogen-bond acceptors (Lipinski definition) is 3. The molecule has 0 aromatic heterocycles. The summed E-state index contributed by atoms with van der Waals surface area (Å²) in [6.45, 7) is 5.94. The smallest absolute Gasteiger partial charge is 0.240 e. The topological polar surface area (TPSA) is 58.2 Å². The molecule has 0 radical (unpaired) electrons. The van der Waals surface area contributed by atoms with Crippen molar-refractivity contribution in [1.82, 2.24) is 10.0 Å². The zero-order valence-electron chi connectivity index (χ0n) is 12.6. The number of sulfonamides is 1. The Kier molecular flexibility index (Phi) is 5.82. The highest BCUT2D eigenvalue weighted by atomic mass is 79.9. The molecule has 0 atom stereocenters. The summed E-state index contributed by atoms with van der Waals surface area (Å²) in [5.74, 6) is 0.508. The molecule has 6 heteroatoms. The molecule has 0 spiro atoms. The van der Waals surface area contributed by atoms with Crippen molar-refractivity contribution in [2.75, 3.05) is 13.1 Å². The molecular weight excluding hydrogens is 352 g/mol. The molecule has 0 aliphatic heterocycles. The lowest BCUT2D eigenvalue weighted by molar-refractivity contribution is 0.316. The van der Waals surface area contributed by atoms with E-state index in [2.05, 4.69) is 26.0 Å². The Morgan fingerprint density at radius 1 is 1.33 bits per heavy atom. The minimum Gasteiger partial charge on any atom is -0.313 e. The van der Waals surface area contributed by atoms with Crippen LogP contribution >= 0.6 is 15.9 Å². The number of nitrogens with one attached hydrogen (secondary N) is 2. The first-order valence-electron chi connectivity index (χ1n) is 7.43. The van der Waals surface area contributed by atoms with Gasteiger partial charge in [0.05, 0.1) is 4.90 Å². The summed E-state index contributed by atoms with van der Waals surface area (Å²) in [6.07, 6.45) is 3.48. The third-order valence-corrected chi connectivity index (χ3v) is 6.39. The molecule has 1 aliphatic rings. The van der Waals surface area contributed by atoms with Crippen molar-refractivity contribution >= 4 is 26.0 Å². The van der Waals surface area contributed by atoms with E-state index in [0.29, 0.717) is 23.9 Å². The van der Waals surface area contributed by atoms with E-state index >= 15 is 0 Å². The van der Waals surface area contributed by atoms with Gasteiger partial charge in [-0.1, -0.05) is 29.3 Å². The Hall–Kier alpha value is -0.430. The van der Waals surface area contributed by atoms with E-state index in [-0.39, 0.29) is 0 Å². The van der Waals surface area contributed by atoms with Crippen LogP contribution < -0.4 is 10.0 Å². The molecular formula is C15H23BrN2O2S. The van der Waals surface area contributed by atoms with Gasteiger partial charge in [0, 0.05) is 17.6 Å². The van der Waals surface area contributed by atoms with Crippen molar-refractivity contribution in [3.8, 4) is 0 Å². The molecule has 1 aromatic carbocycles. The van der Waals surface area contributed by atoms with Crippen molar-refractivity contribution in [2.45, 2.75) is 44.6 Å². The molecule has 118 valence electrons. The Labute approximate surface area is 135 Å². The van der Waals surface area contributed by atoms with Gasteiger partial charge >= 0.3 is 0 Å². The number of benzene rings is 1. The van der Waals surface area contributed by atoms with Crippen LogP contribution in [0.3, 0.4) is 0 Å². The lowest BCUT2D eigenvalue weighted by Gasteiger charge is -2.25. The molecule has 1 saturated carbocycles. The van der Waals surface area contributed by atoms with E-state index in [4.69, 9.17) is 0 Å². The number of rotatable bonds is 7. The molecule has 0 bridgehead atoms. The Balaban J connectivity index is 2.20. The number of halogens is 1. The van der Waals surface area contributed by atoms with Crippen molar-refractivity contribution in [3.63, 3.8) is 0 Å². The van der Waals surface area contributed by atoms with Gasteiger partial charge in [-0.2, -0.15) is 0 Å². The number of hydrogen-bond donors (Lipinski definition) is 2. The van der Waals surface area contributed by atoms with Gasteiger partial charge < -0.3 is 5.32 Å². The zero-order valence-corrected chi connectivity index (χ0v) is 15.0. The van der Waals surface area contributed by atoms with Gasteiger partial charge in [0.25, 0.3) is 0 Å². The molecule has 0 saturated heterocycles. The van der Waals surface area contributed by atoms with Crippen molar-refractivity contribution in [1.29, 1.82) is 0 Å². The molecule has 4 nitrogen and oxygen atoms in total. The largest absolute Gasteiger partial charge is 0.313 e. The molecule has 1 aliphatic carbocycles. The average molecular weight is 375 g/mol. The monoisotopic (exact) mass is 374 g/mol. The fourth-order valence-electron chi connectivity index (χ4n) is 2.36. The quantitative estimate of drug-likeness (QED) is 0.771. The Morgan fingerprint density at radius 3 is 2.62 bits per heavy atom. The summed E-state index contributed by atoms with van der Waals surface area (Å²) in [5.41, 5.74) is 1.73. The molecule has 0 amide bonds. The van der Waals surface area contributed by atoms with Gasteiger partial charge in [0.2, 0.25) is 10.0 Å². The fourth-order valence-corrected chi connectivity index (χ4v) is 4.43. The Morgan fingerprint density at radius 2 is 2.05 bits per heavy atom. The summed E-state index contributed by atoms with van der Waals surface area (Å²) in [7, 11) is -3.44. The Bertz CT molecular complexity index is 598. The summed E-state index contributed by atoms with van der Waals surface area (Å²) in [4.78, 5) is 0.379. The van der Waals surface area contributed by atoms with Crippen LogP contribution in [-0.2, 0) is 16.6 Å². The summed E-state index contributed by atoms with van der Waals surface area (Å²) < 4.78 is 28.6. The van der Waals surface area contributed by atoms with E-state index in [0.717, 1.165) is 35.0 Å². The van der Waals surface area contributed by atoms with Gasteiger partial charge in [-0.05, 0) is 55.5 Å². The van der Waals surface area contributed by atoms with Crippen LogP contribution in [0.25, 0.3) is 0 Å². The van der Waals surface area contributed by atoms with Crippen LogP contribution in [-0.4, -0.2) is 21.5 Å². The molecule has 2 N–H and O–H groups in total. The SMILES string of the molecule is CCNCc1cc(Br)c(C)c(S(=O)(=O)NCC2CCC2)c1. The van der Waals surface area contributed by atoms with E-state index in [1.807, 2.05) is 19.9 Å². The molecule has 1 fully saturated rings. The maximum atomic E-state index is 12.5. The third kappa shape index (κ3) is 4.28. The summed E-state index contributed by atoms with van der Waals surface area (Å²) >= 11 is 3.47. The van der Waals surface area contributed by atoms with E-state index in [1.165, 1.54) is 6.42 Å². The van der Waals surface area contributed by atoms with E-state index in [1.54, 1.807) is 6.07 Å². The van der Waals surface area contributed by atoms with Crippen LogP contribution in [0.4, 0.5) is 0 Å². The third-order valence-electron chi connectivity index (χ3n) is 4.01. The highest BCUT2D eigenvalue weighted by Crippen LogP contribution is 2.28. The molecule has 1 aromatic rings. The normalized spacial score (nSPS) is 16.0. The van der Waals surface area contributed by atoms with E-state index < -0.39 is 10.0 Å². The highest BCUT2D eigenvalue weighted by molar-refractivity contribution is 9.10. The summed E-state index contributed by atoms with van der Waals surface area (Å²) in [6, 6.07) is 3.74. The lowest BCUT2D eigenvalue weighted by atomic mass is 9.86. The van der Waals surface area contributed by atoms with Crippen molar-refractivity contribution in [2.24, 2.45) is 5.92 Å². The van der Waals surface area contributed by atoms with Crippen LogP contribution in [0.15, 0.2) is 21.5 Å². The molecule has 0 unspecified atom stereocenters. The van der Waals surface area contributed by atoms with E-state index in [9.17, 15) is 8.42 Å². The van der Waals surface area contributed by atoms with Crippen LogP contribution in [0.2, 0.25) is 0 Å². The van der Waals surface area contributed by atoms with Crippen LogP contribution in [0.5, 0.6) is 0 Å². The first-order chi connectivity index (χ1) is 9.94. The zero-order chi connectivity index (χ0) is 15.5. The van der Waals surface area contributed by atoms with Gasteiger partial charge in [-0.25, -0.2) is 13.1 Å². The van der Waals surface area contributed by atoms with Gasteiger partial charge in [-0.3, -0.25) is 0 Å². The molecule has 2 rings (SSSR count). The van der Waals surface area contributed by atoms with Crippen LogP contribution in [0.1, 0.15) is 37.3 Å². The second kappa shape index (κ2) is 7.22. The summed E-state index contributed by atoms with van der Waals surface area (Å²) in [5, 5.41) is 3.22. The minimum absolute atomic E-state index is 0.379. The predicted octanol–water partition coefficient (Wildman–Crippen LogP) is 2.95. The maximum absolute atomic E-state index is 12.5.